The van der Waals surface area contributed by atoms with Crippen molar-refractivity contribution in [3.05, 3.63) is 60.9 Å². The second kappa shape index (κ2) is 6.72. The Labute approximate surface area is 151 Å². The molecule has 2 aromatic heterocycles. The number of anilines is 5. The fourth-order valence-corrected chi connectivity index (χ4v) is 2.63. The van der Waals surface area contributed by atoms with Crippen LogP contribution in [-0.2, 0) is 0 Å². The quantitative estimate of drug-likeness (QED) is 0.509. The molecule has 7 nitrogen and oxygen atoms in total. The SMILES string of the molecule is CN(C)c1cccc(Nc2nc(Nc3ccccc3)c3[nH]cnc3n2)c1. The molecular formula is C19H19N7. The summed E-state index contributed by atoms with van der Waals surface area (Å²) in [7, 11) is 4.01. The summed E-state index contributed by atoms with van der Waals surface area (Å²) in [5.74, 6) is 1.16. The molecule has 0 radical (unpaired) electrons. The Balaban J connectivity index is 1.69. The summed E-state index contributed by atoms with van der Waals surface area (Å²) in [5.41, 5.74) is 4.32. The van der Waals surface area contributed by atoms with Crippen LogP contribution in [0, 0.1) is 0 Å². The lowest BCUT2D eigenvalue weighted by Crippen LogP contribution is -2.09. The van der Waals surface area contributed by atoms with Crippen molar-refractivity contribution in [1.82, 2.24) is 19.9 Å². The lowest BCUT2D eigenvalue weighted by Gasteiger charge is -2.14. The molecule has 3 N–H and O–H groups in total. The second-order valence-corrected chi connectivity index (χ2v) is 6.06. The number of hydrogen-bond acceptors (Lipinski definition) is 6. The van der Waals surface area contributed by atoms with Crippen LogP contribution in [0.15, 0.2) is 60.9 Å². The number of para-hydroxylation sites is 1. The summed E-state index contributed by atoms with van der Waals surface area (Å²) < 4.78 is 0. The molecule has 0 atom stereocenters. The molecule has 0 unspecified atom stereocenters. The van der Waals surface area contributed by atoms with E-state index >= 15 is 0 Å². The summed E-state index contributed by atoms with van der Waals surface area (Å²) in [6, 6.07) is 18.0. The number of hydrogen-bond donors (Lipinski definition) is 3. The normalized spacial score (nSPS) is 10.7. The number of rotatable bonds is 5. The molecule has 0 bridgehead atoms. The zero-order valence-corrected chi connectivity index (χ0v) is 14.6. The van der Waals surface area contributed by atoms with Crippen LogP contribution in [0.1, 0.15) is 0 Å². The Bertz CT molecular complexity index is 1020. The molecule has 4 rings (SSSR count). The third-order valence-electron chi connectivity index (χ3n) is 3.94. The van der Waals surface area contributed by atoms with E-state index in [0.717, 1.165) is 22.6 Å². The van der Waals surface area contributed by atoms with Gasteiger partial charge in [0.1, 0.15) is 5.52 Å². The number of H-pyrrole nitrogens is 1. The van der Waals surface area contributed by atoms with E-state index in [1.807, 2.05) is 73.6 Å². The molecule has 0 aliphatic rings. The fraction of sp³-hybridized carbons (Fsp3) is 0.105. The zero-order valence-electron chi connectivity index (χ0n) is 14.6. The number of nitrogens with one attached hydrogen (secondary N) is 3. The molecule has 0 saturated heterocycles. The van der Waals surface area contributed by atoms with Crippen LogP contribution in [0.2, 0.25) is 0 Å². The van der Waals surface area contributed by atoms with Crippen molar-refractivity contribution in [2.45, 2.75) is 0 Å². The van der Waals surface area contributed by atoms with Gasteiger partial charge in [0, 0.05) is 31.2 Å². The van der Waals surface area contributed by atoms with Crippen molar-refractivity contribution in [3.8, 4) is 0 Å². The lowest BCUT2D eigenvalue weighted by atomic mass is 10.2. The molecule has 0 spiro atoms. The van der Waals surface area contributed by atoms with Crippen LogP contribution < -0.4 is 15.5 Å². The van der Waals surface area contributed by atoms with E-state index in [1.165, 1.54) is 0 Å². The van der Waals surface area contributed by atoms with Crippen molar-refractivity contribution in [2.75, 3.05) is 29.6 Å². The average molecular weight is 345 g/mol. The van der Waals surface area contributed by atoms with Gasteiger partial charge < -0.3 is 20.5 Å². The van der Waals surface area contributed by atoms with E-state index in [1.54, 1.807) is 6.33 Å². The predicted molar refractivity (Wildman–Crippen MR) is 105 cm³/mol. The maximum Gasteiger partial charge on any atom is 0.231 e. The first-order valence-electron chi connectivity index (χ1n) is 8.26. The second-order valence-electron chi connectivity index (χ2n) is 6.06. The van der Waals surface area contributed by atoms with Crippen LogP contribution in [0.25, 0.3) is 11.2 Å². The van der Waals surface area contributed by atoms with Crippen LogP contribution in [0.3, 0.4) is 0 Å². The van der Waals surface area contributed by atoms with Gasteiger partial charge in [-0.05, 0) is 30.3 Å². The highest BCUT2D eigenvalue weighted by molar-refractivity contribution is 5.86. The van der Waals surface area contributed by atoms with Crippen molar-refractivity contribution < 1.29 is 0 Å². The van der Waals surface area contributed by atoms with Crippen LogP contribution in [-0.4, -0.2) is 34.0 Å². The molecule has 0 fully saturated rings. The number of imidazole rings is 1. The predicted octanol–water partition coefficient (Wildman–Crippen LogP) is 3.91. The highest BCUT2D eigenvalue weighted by Gasteiger charge is 2.11. The van der Waals surface area contributed by atoms with E-state index in [2.05, 4.69) is 30.6 Å². The Morgan fingerprint density at radius 1 is 0.885 bits per heavy atom. The van der Waals surface area contributed by atoms with E-state index in [0.29, 0.717) is 17.4 Å². The molecule has 130 valence electrons. The van der Waals surface area contributed by atoms with Gasteiger partial charge in [0.05, 0.1) is 6.33 Å². The van der Waals surface area contributed by atoms with Gasteiger partial charge in [0.15, 0.2) is 11.5 Å². The van der Waals surface area contributed by atoms with Crippen molar-refractivity contribution in [3.63, 3.8) is 0 Å². The van der Waals surface area contributed by atoms with Crippen LogP contribution in [0.5, 0.6) is 0 Å². The molecule has 0 aliphatic heterocycles. The molecule has 2 aromatic carbocycles. The van der Waals surface area contributed by atoms with E-state index in [4.69, 9.17) is 0 Å². The minimum Gasteiger partial charge on any atom is -0.378 e. The van der Waals surface area contributed by atoms with E-state index in [9.17, 15) is 0 Å². The lowest BCUT2D eigenvalue weighted by molar-refractivity contribution is 1.13. The van der Waals surface area contributed by atoms with E-state index in [-0.39, 0.29) is 0 Å². The standard InChI is InChI=1S/C19H19N7/c1-26(2)15-10-6-9-14(11-15)23-19-24-17-16(20-12-21-17)18(25-19)22-13-7-4-3-5-8-13/h3-12H,1-2H3,(H3,20,21,22,23,24,25). The van der Waals surface area contributed by atoms with Gasteiger partial charge in [0.25, 0.3) is 0 Å². The maximum absolute atomic E-state index is 4.62. The first-order chi connectivity index (χ1) is 12.7. The fourth-order valence-electron chi connectivity index (χ4n) is 2.63. The van der Waals surface area contributed by atoms with Gasteiger partial charge in [-0.25, -0.2) is 4.98 Å². The summed E-state index contributed by atoms with van der Waals surface area (Å²) >= 11 is 0. The Morgan fingerprint density at radius 2 is 1.69 bits per heavy atom. The summed E-state index contributed by atoms with van der Waals surface area (Å²) in [4.78, 5) is 18.5. The first kappa shape index (κ1) is 15.9. The number of fused-ring (bicyclic) bond motifs is 1. The molecule has 0 aliphatic carbocycles. The molecule has 26 heavy (non-hydrogen) atoms. The third-order valence-corrected chi connectivity index (χ3v) is 3.94. The summed E-state index contributed by atoms with van der Waals surface area (Å²) in [6.45, 7) is 0. The number of aromatic amines is 1. The number of nitrogens with zero attached hydrogens (tertiary/aromatic N) is 4. The van der Waals surface area contributed by atoms with Gasteiger partial charge in [0.2, 0.25) is 5.95 Å². The Morgan fingerprint density at radius 3 is 2.50 bits per heavy atom. The Hall–Kier alpha value is -3.61. The monoisotopic (exact) mass is 345 g/mol. The average Bonchev–Trinajstić information content (AvgIpc) is 3.12. The van der Waals surface area contributed by atoms with Gasteiger partial charge in [-0.2, -0.15) is 9.97 Å². The molecule has 4 aromatic rings. The number of benzene rings is 2. The molecule has 0 amide bonds. The number of aromatic nitrogens is 4. The van der Waals surface area contributed by atoms with Gasteiger partial charge in [-0.1, -0.05) is 24.3 Å². The first-order valence-corrected chi connectivity index (χ1v) is 8.26. The van der Waals surface area contributed by atoms with Gasteiger partial charge in [-0.3, -0.25) is 0 Å². The minimum atomic E-state index is 0.485. The highest BCUT2D eigenvalue weighted by Crippen LogP contribution is 2.25. The van der Waals surface area contributed by atoms with Crippen molar-refractivity contribution in [2.24, 2.45) is 0 Å². The van der Waals surface area contributed by atoms with Crippen LogP contribution >= 0.6 is 0 Å². The molecule has 0 saturated carbocycles. The van der Waals surface area contributed by atoms with Crippen molar-refractivity contribution >= 4 is 40.0 Å². The van der Waals surface area contributed by atoms with Gasteiger partial charge >= 0.3 is 0 Å². The molecular weight excluding hydrogens is 326 g/mol. The summed E-state index contributed by atoms with van der Waals surface area (Å²) in [6.07, 6.45) is 1.62. The summed E-state index contributed by atoms with van der Waals surface area (Å²) in [5, 5.41) is 6.58. The van der Waals surface area contributed by atoms with Crippen LogP contribution in [0.4, 0.5) is 28.8 Å². The maximum atomic E-state index is 4.62. The molecule has 2 heterocycles. The van der Waals surface area contributed by atoms with E-state index < -0.39 is 0 Å². The third kappa shape index (κ3) is 3.27. The minimum absolute atomic E-state index is 0.485. The highest BCUT2D eigenvalue weighted by atomic mass is 15.2. The molecule has 7 heteroatoms. The van der Waals surface area contributed by atoms with Gasteiger partial charge in [-0.15, -0.1) is 0 Å². The van der Waals surface area contributed by atoms with Crippen molar-refractivity contribution in [1.29, 1.82) is 0 Å². The smallest absolute Gasteiger partial charge is 0.231 e. The topological polar surface area (TPSA) is 81.8 Å². The zero-order chi connectivity index (χ0) is 17.9. The Kier molecular flexibility index (Phi) is 4.10. The largest absolute Gasteiger partial charge is 0.378 e.